The van der Waals surface area contributed by atoms with Crippen molar-refractivity contribution in [1.82, 2.24) is 45.4 Å². The minimum absolute atomic E-state index is 0.0515. The fourth-order valence-electron chi connectivity index (χ4n) is 12.3. The number of carbonyl (C=O) groups is 2. The number of nitrogen functional groups attached to an aromatic ring is 1. The smallest absolute Gasteiger partial charge is 0.254 e. The van der Waals surface area contributed by atoms with Crippen LogP contribution < -0.4 is 30.3 Å². The molecule has 1 saturated carbocycles. The summed E-state index contributed by atoms with van der Waals surface area (Å²) < 4.78 is 18.3. The molecule has 406 valence electrons. The minimum atomic E-state index is -0.839. The summed E-state index contributed by atoms with van der Waals surface area (Å²) in [5.74, 6) is 1.60. The maximum Gasteiger partial charge on any atom is 0.254 e. The number of anilines is 3. The van der Waals surface area contributed by atoms with E-state index in [1.54, 1.807) is 29.9 Å². The number of likely N-dealkylation sites (tertiary alicyclic amines) is 2. The standard InChI is InChI=1S/C57H70N12O7S/c1-33(2)53(57(73)68-31-42(70)24-48(68)56(72)62-34(3)38-9-12-45(60-27-38)54-35(4)61-32-77-54)50-26-52(65-76-50)74-20-16-36-14-18-66(19-15-36)28-37-21-43(22-37)75-51-23-39(13-17-59-51)69-40-10-11-41(69)30-67(29-40)47-25-46(63-64-55(47)58)44-7-5-6-8-49(44)71/h5-9,12-13,17,23,25-27,32-34,36-37,40-43,48,53,70-71H,10-11,14-16,18-22,24,28-31H2,1-4H3,(H2,58,64)(H,62,72)/t34-,37-,40?,41?,42+,43-,48-,53+/m0/s1. The number of piperazine rings is 1. The number of nitrogens with zero attached hydrogens (tertiary/aromatic N) is 10. The average molecular weight is 1070 g/mol. The summed E-state index contributed by atoms with van der Waals surface area (Å²) in [5, 5.41) is 37.0. The van der Waals surface area contributed by atoms with Gasteiger partial charge in [-0.15, -0.1) is 21.5 Å². The van der Waals surface area contributed by atoms with E-state index in [1.807, 2.05) is 64.2 Å². The van der Waals surface area contributed by atoms with E-state index in [0.717, 1.165) is 111 Å². The molecule has 1 aliphatic carbocycles. The van der Waals surface area contributed by atoms with E-state index in [-0.39, 0.29) is 48.6 Å². The first-order valence-electron chi connectivity index (χ1n) is 27.4. The Morgan fingerprint density at radius 1 is 0.896 bits per heavy atom. The van der Waals surface area contributed by atoms with Gasteiger partial charge < -0.3 is 54.9 Å². The Labute approximate surface area is 453 Å². The van der Waals surface area contributed by atoms with E-state index >= 15 is 0 Å². The summed E-state index contributed by atoms with van der Waals surface area (Å²) >= 11 is 1.53. The Morgan fingerprint density at radius 2 is 1.69 bits per heavy atom. The molecule has 4 saturated heterocycles. The normalized spacial score (nSPS) is 23.5. The number of hydrogen-bond acceptors (Lipinski definition) is 18. The van der Waals surface area contributed by atoms with E-state index in [1.165, 1.54) is 16.2 Å². The predicted octanol–water partition coefficient (Wildman–Crippen LogP) is 7.42. The summed E-state index contributed by atoms with van der Waals surface area (Å²) in [7, 11) is 0. The first kappa shape index (κ1) is 52.2. The molecule has 2 amide bonds. The number of aromatic nitrogens is 6. The van der Waals surface area contributed by atoms with Crippen LogP contribution in [-0.2, 0) is 9.59 Å². The quantitative estimate of drug-likeness (QED) is 0.0656. The molecule has 6 aromatic rings. The van der Waals surface area contributed by atoms with Gasteiger partial charge in [-0.2, -0.15) is 0 Å². The largest absolute Gasteiger partial charge is 0.507 e. The Kier molecular flexibility index (Phi) is 15.3. The van der Waals surface area contributed by atoms with Crippen molar-refractivity contribution in [3.63, 3.8) is 0 Å². The van der Waals surface area contributed by atoms with Crippen molar-refractivity contribution >= 4 is 40.3 Å². The van der Waals surface area contributed by atoms with E-state index in [9.17, 15) is 19.8 Å². The number of hydrogen-bond donors (Lipinski definition) is 4. The number of ether oxygens (including phenoxy) is 2. The number of piperidine rings is 1. The number of fused-ring (bicyclic) bond motifs is 2. The summed E-state index contributed by atoms with van der Waals surface area (Å²) in [5.41, 5.74) is 14.0. The van der Waals surface area contributed by atoms with Crippen LogP contribution in [0.25, 0.3) is 21.8 Å². The zero-order valence-corrected chi connectivity index (χ0v) is 45.1. The highest BCUT2D eigenvalue weighted by molar-refractivity contribution is 7.13. The van der Waals surface area contributed by atoms with Crippen molar-refractivity contribution < 1.29 is 33.8 Å². The molecular weight excluding hydrogens is 997 g/mol. The van der Waals surface area contributed by atoms with Gasteiger partial charge in [0.2, 0.25) is 17.7 Å². The Hall–Kier alpha value is -6.90. The molecule has 11 rings (SSSR count). The van der Waals surface area contributed by atoms with Crippen LogP contribution in [0.2, 0.25) is 0 Å². The molecule has 5 aromatic heterocycles. The highest BCUT2D eigenvalue weighted by Crippen LogP contribution is 2.41. The number of amides is 2. The third-order valence-corrected chi connectivity index (χ3v) is 17.5. The molecule has 5 N–H and O–H groups in total. The van der Waals surface area contributed by atoms with Gasteiger partial charge >= 0.3 is 0 Å². The number of aliphatic hydroxyl groups is 1. The second-order valence-corrected chi connectivity index (χ2v) is 23.0. The van der Waals surface area contributed by atoms with Crippen LogP contribution in [-0.4, -0.2) is 138 Å². The number of carbonyl (C=O) groups excluding carboxylic acids is 2. The van der Waals surface area contributed by atoms with Crippen molar-refractivity contribution in [3.05, 3.63) is 95.6 Å². The maximum atomic E-state index is 14.3. The van der Waals surface area contributed by atoms with Crippen molar-refractivity contribution in [2.24, 2.45) is 17.8 Å². The monoisotopic (exact) mass is 1070 g/mol. The minimum Gasteiger partial charge on any atom is -0.507 e. The zero-order valence-electron chi connectivity index (χ0n) is 44.3. The Bertz CT molecular complexity index is 3000. The van der Waals surface area contributed by atoms with Gasteiger partial charge in [-0.25, -0.2) is 9.97 Å². The number of nitrogens with two attached hydrogens (primary N) is 1. The number of nitrogens with one attached hydrogen (secondary N) is 1. The molecule has 0 radical (unpaired) electrons. The number of aryl methyl sites for hydroxylation is 1. The number of phenolic OH excluding ortho intramolecular Hbond substituents is 1. The highest BCUT2D eigenvalue weighted by atomic mass is 32.1. The molecule has 5 aliphatic rings. The Balaban J connectivity index is 0.601. The van der Waals surface area contributed by atoms with Crippen LogP contribution in [0, 0.1) is 24.7 Å². The number of pyridine rings is 2. The molecule has 9 heterocycles. The van der Waals surface area contributed by atoms with E-state index < -0.39 is 18.1 Å². The van der Waals surface area contributed by atoms with Gasteiger partial charge in [0.05, 0.1) is 51.9 Å². The third kappa shape index (κ3) is 11.4. The van der Waals surface area contributed by atoms with Crippen molar-refractivity contribution in [2.45, 2.75) is 121 Å². The summed E-state index contributed by atoms with van der Waals surface area (Å²) in [6.07, 6.45) is 10.4. The third-order valence-electron chi connectivity index (χ3n) is 16.5. The first-order chi connectivity index (χ1) is 37.3. The SMILES string of the molecule is Cc1ncsc1-c1ccc([C@H](C)NC(=O)[C@@H]2C[C@@H](O)CN2C(=O)[C@@H](c2cc(OCCC3CCN(C[C@H]4C[C@H](Oc5cc(N6C7CCC6CN(c6cc(-c8ccccc8O)nnc6N)C7)ccn5)C4)CC3)no2)C(C)C)cn1. The number of thiazole rings is 1. The highest BCUT2D eigenvalue weighted by Gasteiger charge is 2.44. The van der Waals surface area contributed by atoms with Crippen LogP contribution in [0.1, 0.15) is 101 Å². The molecule has 20 heteroatoms. The van der Waals surface area contributed by atoms with Crippen molar-refractivity contribution in [2.75, 3.05) is 61.4 Å². The molecule has 77 heavy (non-hydrogen) atoms. The van der Waals surface area contributed by atoms with Gasteiger partial charge in [-0.05, 0) is 131 Å². The number of benzene rings is 1. The molecule has 5 fully saturated rings. The predicted molar refractivity (Wildman–Crippen MR) is 293 cm³/mol. The summed E-state index contributed by atoms with van der Waals surface area (Å²) in [6.45, 7) is 13.0. The van der Waals surface area contributed by atoms with Gasteiger partial charge in [0, 0.05) is 80.5 Å². The lowest BCUT2D eigenvalue weighted by atomic mass is 9.81. The topological polar surface area (TPSA) is 235 Å². The second kappa shape index (κ2) is 22.6. The van der Waals surface area contributed by atoms with E-state index in [0.29, 0.717) is 65.1 Å². The molecule has 19 nitrogen and oxygen atoms in total. The molecule has 6 atom stereocenters. The number of phenols is 1. The molecular formula is C57H70N12O7S. The first-order valence-corrected chi connectivity index (χ1v) is 28.2. The number of aliphatic hydroxyl groups excluding tert-OH is 1. The molecule has 2 bridgehead atoms. The second-order valence-electron chi connectivity index (χ2n) is 22.2. The Morgan fingerprint density at radius 3 is 2.42 bits per heavy atom. The lowest BCUT2D eigenvalue weighted by Gasteiger charge is -2.43. The number of aromatic hydroxyl groups is 1. The van der Waals surface area contributed by atoms with Gasteiger partial charge in [0.15, 0.2) is 11.6 Å². The average Bonchev–Trinajstić information content (AvgIpc) is 4.22. The molecule has 4 aliphatic heterocycles. The lowest BCUT2D eigenvalue weighted by molar-refractivity contribution is -0.141. The van der Waals surface area contributed by atoms with Crippen molar-refractivity contribution in [1.29, 1.82) is 0 Å². The molecule has 0 spiro atoms. The number of para-hydroxylation sites is 1. The van der Waals surface area contributed by atoms with Gasteiger partial charge in [0.1, 0.15) is 23.8 Å². The zero-order chi connectivity index (χ0) is 53.3. The van der Waals surface area contributed by atoms with Crippen LogP contribution in [0.3, 0.4) is 0 Å². The van der Waals surface area contributed by atoms with E-state index in [2.05, 4.69) is 62.5 Å². The number of β-amino-alcohol motifs (C(OH)–C–C–N with tert-alkyl or cyclic N) is 1. The number of rotatable bonds is 18. The molecule has 1 aromatic carbocycles. The van der Waals surface area contributed by atoms with Crippen LogP contribution in [0.15, 0.2) is 83.1 Å². The van der Waals surface area contributed by atoms with Crippen molar-refractivity contribution in [3.8, 4) is 39.3 Å². The fourth-order valence-corrected chi connectivity index (χ4v) is 13.1. The fraction of sp³-hybridized carbons (Fsp3) is 0.509. The maximum absolute atomic E-state index is 14.3. The summed E-state index contributed by atoms with van der Waals surface area (Å²) in [6, 6.07) is 18.3. The lowest BCUT2D eigenvalue weighted by Crippen LogP contribution is -2.54. The van der Waals surface area contributed by atoms with Gasteiger partial charge in [-0.3, -0.25) is 14.6 Å². The van der Waals surface area contributed by atoms with Crippen LogP contribution in [0.5, 0.6) is 17.5 Å². The summed E-state index contributed by atoms with van der Waals surface area (Å²) in [4.78, 5) is 51.5. The van der Waals surface area contributed by atoms with Gasteiger partial charge in [0.25, 0.3) is 5.88 Å². The van der Waals surface area contributed by atoms with E-state index in [4.69, 9.17) is 19.7 Å². The van der Waals surface area contributed by atoms with Crippen LogP contribution >= 0.6 is 11.3 Å². The molecule has 2 unspecified atom stereocenters. The van der Waals surface area contributed by atoms with Gasteiger partial charge in [-0.1, -0.05) is 32.0 Å². The van der Waals surface area contributed by atoms with Crippen LogP contribution in [0.4, 0.5) is 17.2 Å².